The van der Waals surface area contributed by atoms with Gasteiger partial charge in [-0.15, -0.1) is 0 Å². The Morgan fingerprint density at radius 2 is 0.804 bits per heavy atom. The van der Waals surface area contributed by atoms with Gasteiger partial charge in [-0.25, -0.2) is 0 Å². The van der Waals surface area contributed by atoms with Crippen molar-refractivity contribution >= 4 is 92.1 Å². The minimum absolute atomic E-state index is 0.0647. The maximum Gasteiger partial charge on any atom is 0.359 e. The summed E-state index contributed by atoms with van der Waals surface area (Å²) in [5, 5.41) is 16.3. The highest BCUT2D eigenvalue weighted by Crippen LogP contribution is 2.52. The number of amides is 6. The third-order valence-corrected chi connectivity index (χ3v) is 24.6. The van der Waals surface area contributed by atoms with Gasteiger partial charge in [-0.05, 0) is 133 Å². The van der Waals surface area contributed by atoms with Gasteiger partial charge in [0, 0.05) is 122 Å². The quantitative estimate of drug-likeness (QED) is 0.0188. The summed E-state index contributed by atoms with van der Waals surface area (Å²) in [4.78, 5) is 146. The first-order valence-corrected chi connectivity index (χ1v) is 39.6. The molecule has 6 aliphatic rings. The number of methoxy groups -OCH3 is 2. The highest BCUT2D eigenvalue weighted by atomic mass is 31.2. The molecular formula is C69H102N9O21P3. The highest BCUT2D eigenvalue weighted by Gasteiger charge is 2.55. The Bertz CT molecular complexity index is 3470. The van der Waals surface area contributed by atoms with Crippen LogP contribution in [0.15, 0.2) is 84.9 Å². The van der Waals surface area contributed by atoms with Gasteiger partial charge in [0.15, 0.2) is 0 Å². The summed E-state index contributed by atoms with van der Waals surface area (Å²) >= 11 is 0. The van der Waals surface area contributed by atoms with Crippen LogP contribution in [-0.4, -0.2) is 220 Å². The standard InChI is InChI=1S/C24H36N3O7P.C23H34N3O7P.C22H32N3O7P/c1-25-21(28)12-13-22(29)26-14-6-7-15-33-24(30)23-19-11-10-17(27(19)2)16-20(23)34-35(31,32)18-8-4-3-5-9-18;1-24-20(27)10-11-21(28)25-13-12-15-4-7-17(8-5-15)34(30,31)33-19-14-16-6-9-18(26(16)2)22(19)23(29)32-3;1-23-19(26)10-11-20(27)24-12-13-25-15-8-9-17(25)21(22(28)31-2)18(14-15)32-33(29,30)16-6-4-3-5-7-16/h3-5,8-9,17,19-20,23H,6-7,10-16H2,1-2H3,(H,25,28)(H,26,29)(H,31,32);4-5,7-8,16,18-19,22H,6,9-14H2,1-3H3,(H,24,27)(H,25,28)(H,30,31);3-7,15,17-18,21H,8-14H2,1-2H3,(H,23,26)(H,24,27)(H,29,30)/t17?,19?,20-,23+;16?,18?,19-,22+;15?,17?,18-,21+/m000/s1. The molecule has 33 heteroatoms. The lowest BCUT2D eigenvalue weighted by atomic mass is 9.87. The van der Waals surface area contributed by atoms with Gasteiger partial charge in [0.05, 0.1) is 72.8 Å². The molecule has 3 aromatic carbocycles. The van der Waals surface area contributed by atoms with Crippen LogP contribution in [0.1, 0.15) is 115 Å². The van der Waals surface area contributed by atoms with Crippen molar-refractivity contribution in [3.05, 3.63) is 90.5 Å². The van der Waals surface area contributed by atoms with Crippen LogP contribution in [-0.2, 0) is 91.0 Å². The Morgan fingerprint density at radius 3 is 1.24 bits per heavy atom. The second kappa shape index (κ2) is 39.4. The number of unbranched alkanes of at least 4 members (excludes halogenated alkanes) is 1. The van der Waals surface area contributed by atoms with Gasteiger partial charge in [-0.3, -0.25) is 71.5 Å². The molecule has 6 heterocycles. The van der Waals surface area contributed by atoms with E-state index in [1.165, 1.54) is 47.5 Å². The molecule has 6 fully saturated rings. The summed E-state index contributed by atoms with van der Waals surface area (Å²) in [5.41, 5.74) is 0.875. The summed E-state index contributed by atoms with van der Waals surface area (Å²) < 4.78 is 71.7. The highest BCUT2D eigenvalue weighted by molar-refractivity contribution is 7.61. The minimum atomic E-state index is -4.16. The summed E-state index contributed by atoms with van der Waals surface area (Å²) in [7, 11) is -1.23. The lowest BCUT2D eigenvalue weighted by molar-refractivity contribution is -0.158. The molecule has 0 aliphatic carbocycles. The molecule has 6 saturated heterocycles. The zero-order valence-corrected chi connectivity index (χ0v) is 61.8. The Balaban J connectivity index is 0.000000215. The van der Waals surface area contributed by atoms with E-state index in [-0.39, 0.29) is 133 Å². The first-order valence-electron chi connectivity index (χ1n) is 34.8. The monoisotopic (exact) mass is 1490 g/mol. The minimum Gasteiger partial charge on any atom is -0.469 e. The van der Waals surface area contributed by atoms with Crippen molar-refractivity contribution in [1.29, 1.82) is 0 Å². The molecule has 6 amide bonds. The number of rotatable bonds is 32. The molecule has 0 aromatic heterocycles. The van der Waals surface area contributed by atoms with Gasteiger partial charge >= 0.3 is 40.7 Å². The van der Waals surface area contributed by atoms with Gasteiger partial charge in [0.1, 0.15) is 0 Å². The van der Waals surface area contributed by atoms with Crippen molar-refractivity contribution in [2.45, 2.75) is 170 Å². The van der Waals surface area contributed by atoms with Crippen molar-refractivity contribution in [3.8, 4) is 0 Å². The SMILES string of the molecule is CNC(=O)CCC(=O)NCCCCOC(=O)[C@@H]1C2CCC(C[C@@H]1OP(=O)(O)c1ccccc1)N2C.CNC(=O)CCC(=O)NCCN1C2CCC1[C@@H](C(=O)OC)[C@@H](OP(=O)(O)c1ccccc1)C2.CNC(=O)CCC(=O)NCCc1ccc(P(=O)(O)O[C@H]2CC3CCC([C@H]2C(=O)OC)N3C)cc1. The molecule has 9 N–H and O–H groups in total. The van der Waals surface area contributed by atoms with E-state index in [0.29, 0.717) is 64.7 Å². The summed E-state index contributed by atoms with van der Waals surface area (Å²) in [6.45, 7) is 1.90. The number of nitrogens with one attached hydrogen (secondary N) is 6. The van der Waals surface area contributed by atoms with Crippen LogP contribution in [0.25, 0.3) is 0 Å². The van der Waals surface area contributed by atoms with Crippen molar-refractivity contribution in [2.75, 3.05) is 82.2 Å². The topological polar surface area (TPSA) is 403 Å². The second-order valence-corrected chi connectivity index (χ2v) is 31.6. The number of carbonyl (C=O) groups is 9. The van der Waals surface area contributed by atoms with E-state index in [9.17, 15) is 71.5 Å². The molecule has 9 rings (SSSR count). The fraction of sp³-hybridized carbons (Fsp3) is 0.609. The number of hydrogen-bond donors (Lipinski definition) is 9. The van der Waals surface area contributed by atoms with Crippen LogP contribution in [0.4, 0.5) is 0 Å². The predicted molar refractivity (Wildman–Crippen MR) is 376 cm³/mol. The largest absolute Gasteiger partial charge is 0.469 e. The average molecular weight is 1490 g/mol. The van der Waals surface area contributed by atoms with Crippen LogP contribution in [0.2, 0.25) is 0 Å². The third kappa shape index (κ3) is 23.1. The Kier molecular flexibility index (Phi) is 31.8. The van der Waals surface area contributed by atoms with Crippen LogP contribution in [0.3, 0.4) is 0 Å². The first kappa shape index (κ1) is 82.5. The summed E-state index contributed by atoms with van der Waals surface area (Å²) in [6.07, 6.45) is 6.76. The number of hydrogen-bond acceptors (Lipinski definition) is 21. The molecule has 564 valence electrons. The normalized spacial score (nSPS) is 25.9. The van der Waals surface area contributed by atoms with E-state index < -0.39 is 76.8 Å². The van der Waals surface area contributed by atoms with Crippen molar-refractivity contribution in [3.63, 3.8) is 0 Å². The molecule has 0 radical (unpaired) electrons. The number of esters is 3. The summed E-state index contributed by atoms with van der Waals surface area (Å²) in [5.74, 6) is -4.46. The molecule has 102 heavy (non-hydrogen) atoms. The Labute approximate surface area is 596 Å². The number of nitrogens with zero attached hydrogens (tertiary/aromatic N) is 3. The molecular weight excluding hydrogens is 1380 g/mol. The molecule has 0 saturated carbocycles. The van der Waals surface area contributed by atoms with E-state index >= 15 is 0 Å². The lowest BCUT2D eigenvalue weighted by Crippen LogP contribution is -2.56. The second-order valence-electron chi connectivity index (χ2n) is 26.3. The zero-order valence-electron chi connectivity index (χ0n) is 59.1. The fourth-order valence-corrected chi connectivity index (χ4v) is 18.3. The number of piperidine rings is 3. The molecule has 3 aromatic rings. The van der Waals surface area contributed by atoms with Gasteiger partial charge in [-0.1, -0.05) is 48.5 Å². The van der Waals surface area contributed by atoms with Crippen molar-refractivity contribution in [1.82, 2.24) is 46.6 Å². The van der Waals surface area contributed by atoms with Gasteiger partial charge in [-0.2, -0.15) is 0 Å². The smallest absolute Gasteiger partial charge is 0.359 e. The van der Waals surface area contributed by atoms with Crippen LogP contribution < -0.4 is 47.8 Å². The van der Waals surface area contributed by atoms with Crippen LogP contribution in [0, 0.1) is 17.8 Å². The molecule has 6 aliphatic heterocycles. The zero-order chi connectivity index (χ0) is 74.3. The number of ether oxygens (including phenoxy) is 3. The van der Waals surface area contributed by atoms with E-state index in [1.807, 2.05) is 14.1 Å². The number of fused-ring (bicyclic) bond motifs is 6. The summed E-state index contributed by atoms with van der Waals surface area (Å²) in [6, 6.07) is 23.0. The van der Waals surface area contributed by atoms with Gasteiger partial charge in [0.25, 0.3) is 0 Å². The Morgan fingerprint density at radius 1 is 0.441 bits per heavy atom. The van der Waals surface area contributed by atoms with E-state index in [2.05, 4.69) is 46.6 Å². The molecule has 6 bridgehead atoms. The lowest BCUT2D eigenvalue weighted by Gasteiger charge is -2.43. The average Bonchev–Trinajstić information content (AvgIpc) is 1.57. The Hall–Kier alpha value is -6.78. The molecule has 0 spiro atoms. The van der Waals surface area contributed by atoms with Gasteiger partial charge < -0.3 is 74.4 Å². The van der Waals surface area contributed by atoms with E-state index in [1.54, 1.807) is 72.8 Å². The van der Waals surface area contributed by atoms with E-state index in [4.69, 9.17) is 27.8 Å². The van der Waals surface area contributed by atoms with Crippen LogP contribution >= 0.6 is 22.8 Å². The molecule has 15 atom stereocenters. The predicted octanol–water partition coefficient (Wildman–Crippen LogP) is 2.60. The molecule has 9 unspecified atom stereocenters. The van der Waals surface area contributed by atoms with E-state index in [0.717, 1.165) is 44.1 Å². The maximum absolute atomic E-state index is 13.1. The van der Waals surface area contributed by atoms with Crippen molar-refractivity contribution < 1.29 is 99.3 Å². The third-order valence-electron chi connectivity index (χ3n) is 20.1. The number of carbonyl (C=O) groups excluding carboxylic acids is 9. The fourth-order valence-electron chi connectivity index (χ4n) is 14.5. The number of benzene rings is 3. The maximum atomic E-state index is 13.1. The van der Waals surface area contributed by atoms with Crippen molar-refractivity contribution in [2.24, 2.45) is 17.8 Å². The van der Waals surface area contributed by atoms with Gasteiger partial charge in [0.2, 0.25) is 35.4 Å². The first-order chi connectivity index (χ1) is 48.6. The molecule has 30 nitrogen and oxygen atoms in total. The van der Waals surface area contributed by atoms with Crippen LogP contribution in [0.5, 0.6) is 0 Å².